The van der Waals surface area contributed by atoms with Gasteiger partial charge in [-0.05, 0) is 24.5 Å². The van der Waals surface area contributed by atoms with E-state index in [0.29, 0.717) is 17.6 Å². The van der Waals surface area contributed by atoms with Crippen LogP contribution in [-0.2, 0) is 9.09 Å². The van der Waals surface area contributed by atoms with Gasteiger partial charge < -0.3 is 19.9 Å². The minimum absolute atomic E-state index is 0.102. The number of rotatable bonds is 7. The number of fused-ring (bicyclic) bond motifs is 1. The first kappa shape index (κ1) is 19.7. The van der Waals surface area contributed by atoms with Crippen molar-refractivity contribution in [3.63, 3.8) is 0 Å². The molecule has 2 heterocycles. The van der Waals surface area contributed by atoms with Crippen molar-refractivity contribution in [1.29, 1.82) is 0 Å². The molecule has 4 rings (SSSR count). The van der Waals surface area contributed by atoms with Crippen LogP contribution in [0.4, 0.5) is 10.2 Å². The van der Waals surface area contributed by atoms with Crippen LogP contribution in [0.2, 0.25) is 0 Å². The highest BCUT2D eigenvalue weighted by Crippen LogP contribution is 2.50. The number of imidazole rings is 1. The Hall–Kier alpha value is -2.59. The summed E-state index contributed by atoms with van der Waals surface area (Å²) in [6.45, 7) is -0.256. The van der Waals surface area contributed by atoms with E-state index in [4.69, 9.17) is 14.8 Å². The molecule has 1 saturated carbocycles. The van der Waals surface area contributed by atoms with E-state index in [2.05, 4.69) is 15.0 Å². The molecule has 0 spiro atoms. The number of hydrogen-bond acceptors (Lipinski definition) is 8. The number of nitrogen functional groups attached to an aromatic ring is 1. The highest BCUT2D eigenvalue weighted by Gasteiger charge is 2.44. The predicted molar refractivity (Wildman–Crippen MR) is 100 cm³/mol. The molecule has 10 nitrogen and oxygen atoms in total. The first-order chi connectivity index (χ1) is 13.9. The Morgan fingerprint density at radius 2 is 2.17 bits per heavy atom. The number of phosphoric ester groups is 1. The van der Waals surface area contributed by atoms with Gasteiger partial charge in [0.1, 0.15) is 23.4 Å². The summed E-state index contributed by atoms with van der Waals surface area (Å²) in [5.74, 6) is -0.887. The molecular weight excluding hydrogens is 404 g/mol. The summed E-state index contributed by atoms with van der Waals surface area (Å²) in [6.07, 6.45) is 3.52. The molecule has 3 aromatic rings. The number of aromatic nitrogens is 4. The van der Waals surface area contributed by atoms with Gasteiger partial charge in [0.05, 0.1) is 12.9 Å². The van der Waals surface area contributed by atoms with Crippen LogP contribution < -0.4 is 10.3 Å². The number of hydrogen-bond donors (Lipinski definition) is 3. The van der Waals surface area contributed by atoms with Crippen LogP contribution in [-0.4, -0.2) is 42.7 Å². The first-order valence-corrected chi connectivity index (χ1v) is 10.3. The van der Waals surface area contributed by atoms with E-state index in [1.807, 2.05) is 0 Å². The number of nitrogens with zero attached hydrogens (tertiary/aromatic N) is 4. The molecule has 1 aliphatic carbocycles. The van der Waals surface area contributed by atoms with E-state index in [0.717, 1.165) is 6.07 Å². The zero-order valence-corrected chi connectivity index (χ0v) is 16.0. The van der Waals surface area contributed by atoms with E-state index in [-0.39, 0.29) is 42.7 Å². The molecule has 1 aliphatic rings. The standard InChI is InChI=1S/C17H19FN5O5P/c18-11-2-1-3-12(5-11)28-29(25,26)27-7-13-10(6-24)4-14(13)23-9-22-15-16(19)20-8-21-17(15)23/h1-3,5,8-10,13-14,24H,4,6-7H2,(H,25,26)(H2,19,20,21)/t10-,13-,14-/m1/s1. The second-order valence-electron chi connectivity index (χ2n) is 6.81. The average molecular weight is 423 g/mol. The Balaban J connectivity index is 1.48. The maximum Gasteiger partial charge on any atom is 0.527 e. The molecule has 0 bridgehead atoms. The third-order valence-electron chi connectivity index (χ3n) is 5.07. The highest BCUT2D eigenvalue weighted by atomic mass is 31.2. The smallest absolute Gasteiger partial charge is 0.404 e. The summed E-state index contributed by atoms with van der Waals surface area (Å²) in [5.41, 5.74) is 6.81. The van der Waals surface area contributed by atoms with Gasteiger partial charge in [0.2, 0.25) is 0 Å². The summed E-state index contributed by atoms with van der Waals surface area (Å²) in [7, 11) is -4.48. The zero-order valence-electron chi connectivity index (χ0n) is 15.1. The number of benzene rings is 1. The molecule has 4 N–H and O–H groups in total. The topological polar surface area (TPSA) is 146 Å². The van der Waals surface area contributed by atoms with Crippen LogP contribution in [0.1, 0.15) is 12.5 Å². The van der Waals surface area contributed by atoms with Crippen molar-refractivity contribution in [3.8, 4) is 5.75 Å². The fraction of sp³-hybridized carbons (Fsp3) is 0.353. The molecule has 0 amide bonds. The van der Waals surface area contributed by atoms with E-state index in [9.17, 15) is 19.0 Å². The fourth-order valence-electron chi connectivity index (χ4n) is 3.53. The fourth-order valence-corrected chi connectivity index (χ4v) is 4.32. The lowest BCUT2D eigenvalue weighted by molar-refractivity contribution is -0.00477. The van der Waals surface area contributed by atoms with Gasteiger partial charge in [0.15, 0.2) is 11.5 Å². The molecule has 1 unspecified atom stereocenters. The molecule has 1 fully saturated rings. The number of aliphatic hydroxyl groups is 1. The maximum atomic E-state index is 13.2. The molecule has 12 heteroatoms. The second kappa shape index (κ2) is 7.68. The minimum Gasteiger partial charge on any atom is -0.404 e. The van der Waals surface area contributed by atoms with E-state index in [1.165, 1.54) is 24.5 Å². The van der Waals surface area contributed by atoms with Gasteiger partial charge in [-0.15, -0.1) is 0 Å². The van der Waals surface area contributed by atoms with E-state index in [1.54, 1.807) is 10.9 Å². The quantitative estimate of drug-likeness (QED) is 0.485. The molecule has 0 aliphatic heterocycles. The number of nitrogens with two attached hydrogens (primary N) is 1. The van der Waals surface area contributed by atoms with Crippen LogP contribution in [0.25, 0.3) is 11.2 Å². The van der Waals surface area contributed by atoms with Gasteiger partial charge in [0.25, 0.3) is 0 Å². The summed E-state index contributed by atoms with van der Waals surface area (Å²) < 4.78 is 37.3. The number of halogens is 1. The Morgan fingerprint density at radius 1 is 1.34 bits per heavy atom. The Labute approximate surface area is 164 Å². The van der Waals surface area contributed by atoms with Crippen LogP contribution in [0.5, 0.6) is 5.75 Å². The second-order valence-corrected chi connectivity index (χ2v) is 8.18. The molecule has 1 aromatic carbocycles. The van der Waals surface area contributed by atoms with Gasteiger partial charge >= 0.3 is 7.82 Å². The first-order valence-electron chi connectivity index (χ1n) is 8.84. The van der Waals surface area contributed by atoms with Crippen molar-refractivity contribution < 1.29 is 28.0 Å². The molecular formula is C17H19FN5O5P. The molecule has 4 atom stereocenters. The van der Waals surface area contributed by atoms with Gasteiger partial charge in [-0.2, -0.15) is 0 Å². The Bertz CT molecular complexity index is 1080. The normalized spacial score (nSPS) is 23.5. The minimum atomic E-state index is -4.48. The number of phosphoric acid groups is 1. The third kappa shape index (κ3) is 3.95. The van der Waals surface area contributed by atoms with Crippen molar-refractivity contribution in [1.82, 2.24) is 19.5 Å². The Morgan fingerprint density at radius 3 is 2.93 bits per heavy atom. The SMILES string of the molecule is Nc1ncnc2c1ncn2[C@@H]1C[C@H](CO)[C@H]1COP(=O)(O)Oc1cccc(F)c1. The lowest BCUT2D eigenvalue weighted by atomic mass is 9.70. The summed E-state index contributed by atoms with van der Waals surface area (Å²) >= 11 is 0. The van der Waals surface area contributed by atoms with Gasteiger partial charge in [-0.1, -0.05) is 6.07 Å². The van der Waals surface area contributed by atoms with Gasteiger partial charge in [-0.3, -0.25) is 9.42 Å². The predicted octanol–water partition coefficient (Wildman–Crippen LogP) is 1.91. The van der Waals surface area contributed by atoms with Gasteiger partial charge in [-0.25, -0.2) is 23.9 Å². The largest absolute Gasteiger partial charge is 0.527 e. The van der Waals surface area contributed by atoms with Gasteiger partial charge in [0, 0.05) is 24.6 Å². The van der Waals surface area contributed by atoms with Crippen LogP contribution >= 0.6 is 7.82 Å². The molecule has 0 radical (unpaired) electrons. The average Bonchev–Trinajstić information content (AvgIpc) is 3.06. The summed E-state index contributed by atoms with van der Waals surface area (Å²) in [6, 6.07) is 4.70. The summed E-state index contributed by atoms with van der Waals surface area (Å²) in [5, 5.41) is 9.59. The molecule has 0 saturated heterocycles. The highest BCUT2D eigenvalue weighted by molar-refractivity contribution is 7.47. The van der Waals surface area contributed by atoms with Crippen LogP contribution in [0.3, 0.4) is 0 Å². The zero-order chi connectivity index (χ0) is 20.6. The molecule has 154 valence electrons. The lowest BCUT2D eigenvalue weighted by Crippen LogP contribution is -2.43. The van der Waals surface area contributed by atoms with Crippen molar-refractivity contribution in [2.75, 3.05) is 18.9 Å². The third-order valence-corrected chi connectivity index (χ3v) is 5.99. The molecule has 2 aromatic heterocycles. The number of anilines is 1. The maximum absolute atomic E-state index is 13.2. The van der Waals surface area contributed by atoms with Crippen LogP contribution in [0, 0.1) is 17.7 Å². The summed E-state index contributed by atoms with van der Waals surface area (Å²) in [4.78, 5) is 22.3. The van der Waals surface area contributed by atoms with Crippen molar-refractivity contribution >= 4 is 24.8 Å². The van der Waals surface area contributed by atoms with Crippen molar-refractivity contribution in [2.45, 2.75) is 12.5 Å². The van der Waals surface area contributed by atoms with Crippen LogP contribution in [0.15, 0.2) is 36.9 Å². The van der Waals surface area contributed by atoms with E-state index < -0.39 is 13.6 Å². The molecule has 29 heavy (non-hydrogen) atoms. The lowest BCUT2D eigenvalue weighted by Gasteiger charge is -2.44. The van der Waals surface area contributed by atoms with E-state index >= 15 is 0 Å². The number of aliphatic hydroxyl groups excluding tert-OH is 1. The van der Waals surface area contributed by atoms with Crippen molar-refractivity contribution in [3.05, 3.63) is 42.7 Å². The monoisotopic (exact) mass is 423 g/mol. The van der Waals surface area contributed by atoms with Crippen molar-refractivity contribution in [2.24, 2.45) is 11.8 Å². The Kier molecular flexibility index (Phi) is 5.22.